The summed E-state index contributed by atoms with van der Waals surface area (Å²) in [5.74, 6) is 11.2. The predicted molar refractivity (Wildman–Crippen MR) is 348 cm³/mol. The minimum Gasteiger partial charge on any atom is -0.303 e. The van der Waals surface area contributed by atoms with E-state index in [0.29, 0.717) is 32.4 Å². The molecule has 0 spiro atoms. The number of hydrogen-bond acceptors (Lipinski definition) is 5. The van der Waals surface area contributed by atoms with Crippen LogP contribution in [0.5, 0.6) is 0 Å². The number of hydrogen-bond donors (Lipinski definition) is 0. The smallest absolute Gasteiger partial charge is 0.210 e. The van der Waals surface area contributed by atoms with E-state index in [2.05, 4.69) is 112 Å². The van der Waals surface area contributed by atoms with Crippen LogP contribution in [-0.4, -0.2) is 25.4 Å². The van der Waals surface area contributed by atoms with Crippen LogP contribution in [-0.2, 0) is 14.6 Å². The molecule has 0 radical (unpaired) electrons. The maximum atomic E-state index is 13.4. The molecule has 2 aromatic rings. The highest BCUT2D eigenvalue weighted by molar-refractivity contribution is 7.93. The summed E-state index contributed by atoms with van der Waals surface area (Å²) in [6.07, 6.45) is 51.9. The number of carbonyl (C=O) groups excluding carboxylic acids is 1. The van der Waals surface area contributed by atoms with Crippen molar-refractivity contribution in [2.24, 2.45) is 105 Å². The number of rotatable bonds is 22. The molecule has 0 aliphatic heterocycles. The number of carbonyl (C=O) groups is 1. The summed E-state index contributed by atoms with van der Waals surface area (Å²) in [6.45, 7) is 29.3. The number of aldehydes is 1. The largest absolute Gasteiger partial charge is 0.303 e. The van der Waals surface area contributed by atoms with Crippen molar-refractivity contribution in [2.45, 2.75) is 280 Å². The maximum absolute atomic E-state index is 13.4. The Labute approximate surface area is 502 Å². The molecule has 16 atom stereocenters. The van der Waals surface area contributed by atoms with Crippen LogP contribution in [0.3, 0.4) is 0 Å². The molecular formula is C75H121NO3S2. The van der Waals surface area contributed by atoms with Gasteiger partial charge in [-0.1, -0.05) is 208 Å². The van der Waals surface area contributed by atoms with Crippen LogP contribution in [0.15, 0.2) is 64.1 Å². The Kier molecular flexibility index (Phi) is 23.0. The van der Waals surface area contributed by atoms with Gasteiger partial charge in [0, 0.05) is 6.42 Å². The van der Waals surface area contributed by atoms with E-state index in [0.717, 1.165) is 88.0 Å². The number of sulfone groups is 1. The minimum atomic E-state index is -3.38. The molecule has 0 saturated heterocycles. The molecule has 6 saturated carbocycles. The van der Waals surface area contributed by atoms with E-state index >= 15 is 0 Å². The molecule has 6 fully saturated rings. The quantitative estimate of drug-likeness (QED) is 0.0870. The summed E-state index contributed by atoms with van der Waals surface area (Å²) in [4.78, 5) is 14.8. The molecule has 0 amide bonds. The molecule has 1 heterocycles. The van der Waals surface area contributed by atoms with Crippen molar-refractivity contribution in [1.29, 1.82) is 0 Å². The fourth-order valence-electron chi connectivity index (χ4n) is 20.6. The van der Waals surface area contributed by atoms with Gasteiger partial charge in [-0.15, -0.1) is 11.3 Å². The normalized spacial score (nSPS) is 35.9. The first kappa shape index (κ1) is 64.9. The van der Waals surface area contributed by atoms with E-state index in [-0.39, 0.29) is 17.1 Å². The van der Waals surface area contributed by atoms with Gasteiger partial charge < -0.3 is 4.79 Å². The Morgan fingerprint density at radius 2 is 1.10 bits per heavy atom. The van der Waals surface area contributed by atoms with E-state index < -0.39 is 9.84 Å². The zero-order valence-corrected chi connectivity index (χ0v) is 55.8. The number of benzene rings is 1. The SMILES string of the molecule is CCCCC(C/C=C/[C@@H](C)[C@H]1CC[C@H]2[C@@H]3CC=C4C[C@@H](C)CC[C@]4(C)[C@H]3CC[C@]12C)CCCC.CCCCC(CC=O)CCCC.C[C@H]1CC[C@@]2(C)C(=CC[C@H]3[C@@H]4CC[C@H]([C@H](C)CS(=O)(=O)c5nc6ccccc6s5)[C@@]4(C)CC[C@@H]32)C1. The monoisotopic (exact) mass is 1150 g/mol. The topological polar surface area (TPSA) is 64.1 Å². The Hall–Kier alpha value is -2.05. The fourth-order valence-corrected chi connectivity index (χ4v) is 23.6. The van der Waals surface area contributed by atoms with Gasteiger partial charge in [0.2, 0.25) is 14.2 Å². The van der Waals surface area contributed by atoms with Gasteiger partial charge in [-0.3, -0.25) is 0 Å². The molecule has 0 bridgehead atoms. The fraction of sp³-hybridized carbons (Fsp3) is 0.813. The molecule has 81 heavy (non-hydrogen) atoms. The van der Waals surface area contributed by atoms with E-state index in [1.54, 1.807) is 5.57 Å². The van der Waals surface area contributed by atoms with Crippen molar-refractivity contribution in [3.05, 3.63) is 59.7 Å². The average molecular weight is 1150 g/mol. The summed E-state index contributed by atoms with van der Waals surface area (Å²) < 4.78 is 28.1. The molecule has 0 unspecified atom stereocenters. The molecule has 8 aliphatic rings. The lowest BCUT2D eigenvalue weighted by molar-refractivity contribution is -0.108. The van der Waals surface area contributed by atoms with Crippen LogP contribution < -0.4 is 0 Å². The standard InChI is InChI=1S/C34H58.C30H41NO2S2.C11H22O/c1-7-9-13-27(14-10-8-2)15-11-12-26(4)30-18-19-31-29-17-16-28-24-25(3)20-22-33(28,5)32(29)21-23-34(30,31)6;1-19-13-15-29(3)21(17-19)9-10-22-24-12-11-23(30(24,4)16-14-25(22)29)20(2)18-35(32,33)28-31-26-7-5-6-8-27(26)34-28;1-3-5-7-11(9-10-12)8-6-4-2/h11-12,16,25-27,29-32H,7-10,13-15,17-24H2,1-6H3;5-9,19-20,22-25H,10-18H2,1-4H3;10-11H,3-9H2,1-2H3/b12-11+;;/t25-,26+,29-,30+,31-,32-,33-,34+;19-,20+,22-,23+,24-,25-,29-,30+;/m00./s1. The van der Waals surface area contributed by atoms with Gasteiger partial charge in [-0.05, 0) is 226 Å². The van der Waals surface area contributed by atoms with Gasteiger partial charge in [0.25, 0.3) is 0 Å². The van der Waals surface area contributed by atoms with Gasteiger partial charge in [-0.2, -0.15) is 0 Å². The highest BCUT2D eigenvalue weighted by atomic mass is 32.2. The lowest BCUT2D eigenvalue weighted by Gasteiger charge is -2.58. The third-order valence-corrected chi connectivity index (χ3v) is 28.8. The highest BCUT2D eigenvalue weighted by Gasteiger charge is 2.61. The zero-order valence-electron chi connectivity index (χ0n) is 54.2. The number of nitrogens with zero attached hydrogens (tertiary/aromatic N) is 1. The Bertz CT molecular complexity index is 2470. The molecule has 456 valence electrons. The average Bonchev–Trinajstić information content (AvgIpc) is 4.13. The number of allylic oxidation sites excluding steroid dienone is 6. The number of thiazole rings is 1. The summed E-state index contributed by atoms with van der Waals surface area (Å²) in [5.41, 5.74) is 6.23. The van der Waals surface area contributed by atoms with Crippen molar-refractivity contribution in [3.63, 3.8) is 0 Å². The van der Waals surface area contributed by atoms with Crippen LogP contribution in [0.1, 0.15) is 276 Å². The second-order valence-electron chi connectivity index (χ2n) is 30.6. The van der Waals surface area contributed by atoms with Crippen molar-refractivity contribution >= 4 is 37.7 Å². The van der Waals surface area contributed by atoms with Crippen LogP contribution >= 0.6 is 11.3 Å². The van der Waals surface area contributed by atoms with E-state index in [1.807, 2.05) is 29.8 Å². The summed E-state index contributed by atoms with van der Waals surface area (Å²) >= 11 is 1.33. The molecule has 1 aromatic carbocycles. The van der Waals surface area contributed by atoms with Gasteiger partial charge in [0.05, 0.1) is 16.0 Å². The first-order valence-corrected chi connectivity index (χ1v) is 37.3. The molecule has 8 aliphatic carbocycles. The highest BCUT2D eigenvalue weighted by Crippen LogP contribution is 2.69. The van der Waals surface area contributed by atoms with Crippen LogP contribution in [0, 0.1) is 105 Å². The molecule has 1 aromatic heterocycles. The van der Waals surface area contributed by atoms with Crippen LogP contribution in [0.2, 0.25) is 0 Å². The van der Waals surface area contributed by atoms with Gasteiger partial charge in [-0.25, -0.2) is 13.4 Å². The van der Waals surface area contributed by atoms with Crippen molar-refractivity contribution in [2.75, 3.05) is 5.75 Å². The third kappa shape index (κ3) is 14.4. The zero-order chi connectivity index (χ0) is 58.2. The van der Waals surface area contributed by atoms with Crippen molar-refractivity contribution < 1.29 is 13.2 Å². The number of aromatic nitrogens is 1. The van der Waals surface area contributed by atoms with Crippen LogP contribution in [0.25, 0.3) is 10.2 Å². The Morgan fingerprint density at radius 3 is 1.59 bits per heavy atom. The second kappa shape index (κ2) is 28.6. The predicted octanol–water partition coefficient (Wildman–Crippen LogP) is 22.3. The molecule has 4 nitrogen and oxygen atoms in total. The van der Waals surface area contributed by atoms with Gasteiger partial charge in [0.1, 0.15) is 6.29 Å². The summed E-state index contributed by atoms with van der Waals surface area (Å²) in [5, 5.41) is 0. The molecule has 10 rings (SSSR count). The van der Waals surface area contributed by atoms with E-state index in [4.69, 9.17) is 0 Å². The second-order valence-corrected chi connectivity index (χ2v) is 33.8. The molecule has 6 heteroatoms. The van der Waals surface area contributed by atoms with E-state index in [9.17, 15) is 13.2 Å². The Morgan fingerprint density at radius 1 is 0.617 bits per heavy atom. The Balaban J connectivity index is 0.000000178. The van der Waals surface area contributed by atoms with E-state index in [1.165, 1.54) is 198 Å². The van der Waals surface area contributed by atoms with Crippen molar-refractivity contribution in [3.8, 4) is 0 Å². The first-order valence-electron chi connectivity index (χ1n) is 34.9. The lowest BCUT2D eigenvalue weighted by atomic mass is 9.46. The third-order valence-electron chi connectivity index (χ3n) is 25.4. The summed E-state index contributed by atoms with van der Waals surface area (Å²) in [6, 6.07) is 7.75. The first-order chi connectivity index (χ1) is 38.8. The maximum Gasteiger partial charge on any atom is 0.210 e. The lowest BCUT2D eigenvalue weighted by Crippen LogP contribution is -2.50. The van der Waals surface area contributed by atoms with Gasteiger partial charge in [0.15, 0.2) is 0 Å². The van der Waals surface area contributed by atoms with Gasteiger partial charge >= 0.3 is 0 Å². The molecule has 0 N–H and O–H groups in total. The number of unbranched alkanes of at least 4 members (excludes halogenated alkanes) is 4. The number of fused-ring (bicyclic) bond motifs is 11. The summed E-state index contributed by atoms with van der Waals surface area (Å²) in [7, 11) is -3.38. The van der Waals surface area contributed by atoms with Crippen LogP contribution in [0.4, 0.5) is 0 Å². The minimum absolute atomic E-state index is 0.166. The van der Waals surface area contributed by atoms with Crippen molar-refractivity contribution in [1.82, 2.24) is 4.98 Å². The molecular weight excluding hydrogens is 1030 g/mol. The number of para-hydroxylation sites is 1.